The molecule has 0 spiro atoms. The predicted molar refractivity (Wildman–Crippen MR) is 93.8 cm³/mol. The summed E-state index contributed by atoms with van der Waals surface area (Å²) in [6.07, 6.45) is 5.02. The molecule has 3 rings (SSSR count). The largest absolute Gasteiger partial charge is 0.326 e. The summed E-state index contributed by atoms with van der Waals surface area (Å²) in [6.45, 7) is 2.06. The molecule has 0 aromatic heterocycles. The quantitative estimate of drug-likeness (QED) is 0.791. The fourth-order valence-corrected chi connectivity index (χ4v) is 3.20. The second kappa shape index (κ2) is 8.06. The van der Waals surface area contributed by atoms with E-state index >= 15 is 0 Å². The van der Waals surface area contributed by atoms with Crippen LogP contribution in [0.15, 0.2) is 29.4 Å². The summed E-state index contributed by atoms with van der Waals surface area (Å²) in [5.74, 6) is 0.507. The minimum atomic E-state index is -0.0450. The number of carbonyl (C=O) groups excluding carboxylic acids is 2. The van der Waals surface area contributed by atoms with Crippen molar-refractivity contribution in [2.45, 2.75) is 38.5 Å². The summed E-state index contributed by atoms with van der Waals surface area (Å²) in [7, 11) is 0. The van der Waals surface area contributed by atoms with Gasteiger partial charge in [0.1, 0.15) is 0 Å². The van der Waals surface area contributed by atoms with Gasteiger partial charge < -0.3 is 10.6 Å². The molecule has 2 heterocycles. The first-order valence-electron chi connectivity index (χ1n) is 8.67. The van der Waals surface area contributed by atoms with Crippen LogP contribution >= 0.6 is 0 Å². The Labute approximate surface area is 142 Å². The van der Waals surface area contributed by atoms with Crippen LogP contribution in [-0.2, 0) is 9.59 Å². The Morgan fingerprint density at radius 1 is 1.17 bits per heavy atom. The van der Waals surface area contributed by atoms with E-state index in [4.69, 9.17) is 0 Å². The average Bonchev–Trinajstić information content (AvgIpc) is 2.85. The first kappa shape index (κ1) is 16.6. The number of carbonyl (C=O) groups is 2. The Hall–Kier alpha value is -2.21. The lowest BCUT2D eigenvalue weighted by molar-refractivity contribution is -0.121. The molecule has 0 aliphatic carbocycles. The number of nitrogens with zero attached hydrogens (tertiary/aromatic N) is 1. The summed E-state index contributed by atoms with van der Waals surface area (Å²) < 4.78 is 0. The molecule has 6 heteroatoms. The van der Waals surface area contributed by atoms with E-state index in [2.05, 4.69) is 21.2 Å². The van der Waals surface area contributed by atoms with E-state index < -0.39 is 0 Å². The van der Waals surface area contributed by atoms with Crippen LogP contribution in [0.3, 0.4) is 0 Å². The zero-order valence-electron chi connectivity index (χ0n) is 13.8. The van der Waals surface area contributed by atoms with Crippen LogP contribution in [0.5, 0.6) is 0 Å². The van der Waals surface area contributed by atoms with E-state index in [1.807, 2.05) is 24.3 Å². The molecular formula is C18H24N4O2. The fraction of sp³-hybridized carbons (Fsp3) is 0.500. The van der Waals surface area contributed by atoms with Crippen molar-refractivity contribution in [1.29, 1.82) is 0 Å². The second-order valence-corrected chi connectivity index (χ2v) is 6.47. The molecule has 2 aliphatic heterocycles. The van der Waals surface area contributed by atoms with Gasteiger partial charge in [0.15, 0.2) is 0 Å². The Kier molecular flexibility index (Phi) is 5.59. The fourth-order valence-electron chi connectivity index (χ4n) is 3.20. The van der Waals surface area contributed by atoms with Crippen molar-refractivity contribution in [2.24, 2.45) is 11.0 Å². The smallest absolute Gasteiger partial charge is 0.240 e. The molecule has 0 saturated carbocycles. The summed E-state index contributed by atoms with van der Waals surface area (Å²) >= 11 is 0. The monoisotopic (exact) mass is 328 g/mol. The highest BCUT2D eigenvalue weighted by molar-refractivity contribution is 6.04. The van der Waals surface area contributed by atoms with Crippen molar-refractivity contribution in [1.82, 2.24) is 10.7 Å². The van der Waals surface area contributed by atoms with Gasteiger partial charge in [0.2, 0.25) is 11.8 Å². The minimum absolute atomic E-state index is 0.0450. The molecule has 2 amide bonds. The lowest BCUT2D eigenvalue weighted by atomic mass is 9.96. The van der Waals surface area contributed by atoms with Gasteiger partial charge in [-0.15, -0.1) is 0 Å². The Morgan fingerprint density at radius 3 is 2.75 bits per heavy atom. The predicted octanol–water partition coefficient (Wildman–Crippen LogP) is 2.02. The summed E-state index contributed by atoms with van der Waals surface area (Å²) in [6, 6.07) is 7.64. The Bertz CT molecular complexity index is 616. The molecule has 24 heavy (non-hydrogen) atoms. The van der Waals surface area contributed by atoms with E-state index in [1.54, 1.807) is 0 Å². The van der Waals surface area contributed by atoms with Crippen LogP contribution in [-0.4, -0.2) is 30.6 Å². The molecule has 128 valence electrons. The van der Waals surface area contributed by atoms with Crippen molar-refractivity contribution in [3.63, 3.8) is 0 Å². The molecule has 0 bridgehead atoms. The van der Waals surface area contributed by atoms with Gasteiger partial charge in [0.05, 0.1) is 5.71 Å². The van der Waals surface area contributed by atoms with Crippen molar-refractivity contribution in [2.75, 3.05) is 18.4 Å². The van der Waals surface area contributed by atoms with Crippen LogP contribution in [0.4, 0.5) is 5.69 Å². The highest BCUT2D eigenvalue weighted by atomic mass is 16.2. The Balaban J connectivity index is 1.53. The van der Waals surface area contributed by atoms with Gasteiger partial charge in [-0.2, -0.15) is 5.10 Å². The second-order valence-electron chi connectivity index (χ2n) is 6.47. The minimum Gasteiger partial charge on any atom is -0.326 e. The van der Waals surface area contributed by atoms with Gasteiger partial charge >= 0.3 is 0 Å². The molecule has 1 saturated heterocycles. The first-order valence-corrected chi connectivity index (χ1v) is 8.67. The summed E-state index contributed by atoms with van der Waals surface area (Å²) in [5.41, 5.74) is 5.15. The highest BCUT2D eigenvalue weighted by Gasteiger charge is 2.16. The van der Waals surface area contributed by atoms with Crippen LogP contribution in [0, 0.1) is 5.92 Å². The van der Waals surface area contributed by atoms with E-state index in [-0.39, 0.29) is 11.8 Å². The normalized spacial score (nSPS) is 21.4. The standard InChI is InChI=1S/C18H24N4O2/c23-17-8-7-16(21-22-17)14-3-5-15(6-4-14)20-18(24)12-13-2-1-10-19-11-9-13/h3-6,13,19H,1-2,7-12H2,(H,20,24)(H,22,23). The van der Waals surface area contributed by atoms with E-state index in [0.29, 0.717) is 25.2 Å². The van der Waals surface area contributed by atoms with E-state index in [9.17, 15) is 9.59 Å². The molecular weight excluding hydrogens is 304 g/mol. The van der Waals surface area contributed by atoms with Crippen molar-refractivity contribution in [3.05, 3.63) is 29.8 Å². The van der Waals surface area contributed by atoms with Crippen LogP contribution in [0.2, 0.25) is 0 Å². The maximum atomic E-state index is 12.2. The molecule has 3 N–H and O–H groups in total. The van der Waals surface area contributed by atoms with Crippen molar-refractivity contribution < 1.29 is 9.59 Å². The molecule has 1 atom stereocenters. The van der Waals surface area contributed by atoms with Crippen LogP contribution in [0.25, 0.3) is 0 Å². The van der Waals surface area contributed by atoms with Crippen LogP contribution < -0.4 is 16.1 Å². The van der Waals surface area contributed by atoms with E-state index in [0.717, 1.165) is 49.3 Å². The maximum Gasteiger partial charge on any atom is 0.240 e. The third-order valence-electron chi connectivity index (χ3n) is 4.58. The Morgan fingerprint density at radius 2 is 2.00 bits per heavy atom. The molecule has 1 unspecified atom stereocenters. The summed E-state index contributed by atoms with van der Waals surface area (Å²) in [5, 5.41) is 10.4. The summed E-state index contributed by atoms with van der Waals surface area (Å²) in [4.78, 5) is 23.3. The molecule has 0 radical (unpaired) electrons. The molecule has 2 aliphatic rings. The molecule has 6 nitrogen and oxygen atoms in total. The molecule has 1 aromatic carbocycles. The van der Waals surface area contributed by atoms with Crippen molar-refractivity contribution >= 4 is 23.2 Å². The lowest BCUT2D eigenvalue weighted by Crippen LogP contribution is -2.25. The van der Waals surface area contributed by atoms with Gasteiger partial charge in [0, 0.05) is 24.9 Å². The third-order valence-corrected chi connectivity index (χ3v) is 4.58. The highest BCUT2D eigenvalue weighted by Crippen LogP contribution is 2.19. The number of hydrazone groups is 1. The molecule has 1 aromatic rings. The van der Waals surface area contributed by atoms with Gasteiger partial charge in [0.25, 0.3) is 0 Å². The van der Waals surface area contributed by atoms with Crippen molar-refractivity contribution in [3.8, 4) is 0 Å². The van der Waals surface area contributed by atoms with Gasteiger partial charge in [-0.3, -0.25) is 9.59 Å². The number of nitrogens with one attached hydrogen (secondary N) is 3. The SMILES string of the molecule is O=C1CCC(c2ccc(NC(=O)CC3CCCNCC3)cc2)=NN1. The third kappa shape index (κ3) is 4.64. The average molecular weight is 328 g/mol. The number of rotatable bonds is 4. The maximum absolute atomic E-state index is 12.2. The molecule has 1 fully saturated rings. The van der Waals surface area contributed by atoms with Gasteiger partial charge in [-0.05, 0) is 56.0 Å². The number of amides is 2. The number of hydrogen-bond acceptors (Lipinski definition) is 4. The number of benzene rings is 1. The first-order chi connectivity index (χ1) is 11.7. The zero-order chi connectivity index (χ0) is 16.8. The van der Waals surface area contributed by atoms with Gasteiger partial charge in [-0.25, -0.2) is 5.43 Å². The number of anilines is 1. The lowest BCUT2D eigenvalue weighted by Gasteiger charge is -2.14. The van der Waals surface area contributed by atoms with Gasteiger partial charge in [-0.1, -0.05) is 12.1 Å². The zero-order valence-corrected chi connectivity index (χ0v) is 13.8. The number of hydrogen-bond donors (Lipinski definition) is 3. The van der Waals surface area contributed by atoms with Crippen LogP contribution in [0.1, 0.15) is 44.1 Å². The topological polar surface area (TPSA) is 82.6 Å². The van der Waals surface area contributed by atoms with E-state index in [1.165, 1.54) is 0 Å².